The summed E-state index contributed by atoms with van der Waals surface area (Å²) in [6.45, 7) is 1.81. The molecule has 24 heavy (non-hydrogen) atoms. The van der Waals surface area contributed by atoms with Gasteiger partial charge < -0.3 is 15.0 Å². The summed E-state index contributed by atoms with van der Waals surface area (Å²) in [4.78, 5) is 30.6. The summed E-state index contributed by atoms with van der Waals surface area (Å²) in [6, 6.07) is 3.74. The van der Waals surface area contributed by atoms with Crippen LogP contribution in [0.15, 0.2) is 24.5 Å². The van der Waals surface area contributed by atoms with E-state index in [-0.39, 0.29) is 23.3 Å². The van der Waals surface area contributed by atoms with Crippen LogP contribution in [0.3, 0.4) is 0 Å². The number of pyridine rings is 1. The maximum atomic E-state index is 12.3. The second kappa shape index (κ2) is 7.30. The lowest BCUT2D eigenvalue weighted by Gasteiger charge is -2.46. The van der Waals surface area contributed by atoms with Crippen LogP contribution < -0.4 is 5.32 Å². The molecule has 6 nitrogen and oxygen atoms in total. The first-order valence-electron chi connectivity index (χ1n) is 8.63. The van der Waals surface area contributed by atoms with Gasteiger partial charge in [-0.15, -0.1) is 0 Å². The van der Waals surface area contributed by atoms with Crippen LogP contribution in [-0.4, -0.2) is 54.5 Å². The predicted molar refractivity (Wildman–Crippen MR) is 89.5 cm³/mol. The molecule has 3 rings (SSSR count). The van der Waals surface area contributed by atoms with Gasteiger partial charge in [-0.1, -0.05) is 6.42 Å². The Balaban J connectivity index is 1.68. The quantitative estimate of drug-likeness (QED) is 0.860. The Morgan fingerprint density at radius 1 is 1.50 bits per heavy atom. The minimum atomic E-state index is -0.0940. The molecular weight excluding hydrogens is 306 g/mol. The molecule has 1 aromatic rings. The van der Waals surface area contributed by atoms with Gasteiger partial charge in [0, 0.05) is 50.5 Å². The molecule has 2 atom stereocenters. The lowest BCUT2D eigenvalue weighted by atomic mass is 9.74. The number of fused-ring (bicyclic) bond motifs is 1. The molecule has 1 saturated carbocycles. The molecule has 1 N–H and O–H groups in total. The number of hydrogen-bond donors (Lipinski definition) is 1. The average Bonchev–Trinajstić information content (AvgIpc) is 3.04. The molecule has 1 aliphatic heterocycles. The number of methoxy groups -OCH3 is 1. The van der Waals surface area contributed by atoms with E-state index in [0.717, 1.165) is 25.7 Å². The van der Waals surface area contributed by atoms with Crippen LogP contribution in [0, 0.1) is 5.41 Å². The van der Waals surface area contributed by atoms with E-state index in [4.69, 9.17) is 4.74 Å². The van der Waals surface area contributed by atoms with Crippen LogP contribution in [0.4, 0.5) is 0 Å². The first kappa shape index (κ1) is 16.9. The summed E-state index contributed by atoms with van der Waals surface area (Å²) in [7, 11) is 1.66. The summed E-state index contributed by atoms with van der Waals surface area (Å²) in [5.41, 5.74) is 0.575. The Labute approximate surface area is 142 Å². The minimum Gasteiger partial charge on any atom is -0.383 e. The zero-order valence-corrected chi connectivity index (χ0v) is 14.2. The number of nitrogens with one attached hydrogen (secondary N) is 1. The molecule has 2 unspecified atom stereocenters. The van der Waals surface area contributed by atoms with E-state index in [1.807, 2.05) is 4.90 Å². The van der Waals surface area contributed by atoms with Crippen LogP contribution in [0.2, 0.25) is 0 Å². The van der Waals surface area contributed by atoms with Gasteiger partial charge in [0.2, 0.25) is 5.91 Å². The molecule has 2 heterocycles. The van der Waals surface area contributed by atoms with Crippen molar-refractivity contribution in [3.05, 3.63) is 30.1 Å². The topological polar surface area (TPSA) is 71.5 Å². The fraction of sp³-hybridized carbons (Fsp3) is 0.611. The Morgan fingerprint density at radius 3 is 3.12 bits per heavy atom. The Hall–Kier alpha value is -1.95. The van der Waals surface area contributed by atoms with Crippen molar-refractivity contribution >= 4 is 11.8 Å². The number of amides is 2. The summed E-state index contributed by atoms with van der Waals surface area (Å²) in [6.07, 6.45) is 7.82. The van der Waals surface area contributed by atoms with Gasteiger partial charge >= 0.3 is 0 Å². The summed E-state index contributed by atoms with van der Waals surface area (Å²) in [5, 5.41) is 3.07. The molecule has 0 spiro atoms. The van der Waals surface area contributed by atoms with E-state index in [9.17, 15) is 9.59 Å². The van der Waals surface area contributed by atoms with Crippen molar-refractivity contribution in [2.45, 2.75) is 38.1 Å². The molecule has 2 aliphatic rings. The first-order chi connectivity index (χ1) is 11.7. The van der Waals surface area contributed by atoms with E-state index in [1.165, 1.54) is 0 Å². The molecular formula is C18H25N3O3. The highest BCUT2D eigenvalue weighted by atomic mass is 16.5. The monoisotopic (exact) mass is 331 g/mol. The molecule has 1 aromatic heterocycles. The van der Waals surface area contributed by atoms with Crippen molar-refractivity contribution in [2.75, 3.05) is 26.8 Å². The van der Waals surface area contributed by atoms with Gasteiger partial charge in [0.25, 0.3) is 5.91 Å². The second-order valence-corrected chi connectivity index (χ2v) is 6.77. The molecule has 1 saturated heterocycles. The highest BCUT2D eigenvalue weighted by Gasteiger charge is 2.50. The van der Waals surface area contributed by atoms with Crippen molar-refractivity contribution in [1.82, 2.24) is 15.2 Å². The standard InChI is InChI=1S/C18H25N3O3/c1-24-11-10-21-15-5-2-7-18(15,8-6-16(21)22)13-20-17(23)14-4-3-9-19-12-14/h3-4,9,12,15H,2,5-8,10-11,13H2,1H3,(H,20,23). The van der Waals surface area contributed by atoms with Crippen molar-refractivity contribution in [2.24, 2.45) is 5.41 Å². The fourth-order valence-corrected chi connectivity index (χ4v) is 4.19. The molecule has 2 fully saturated rings. The number of carbonyl (C=O) groups is 2. The summed E-state index contributed by atoms with van der Waals surface area (Å²) in [5.74, 6) is 0.122. The normalized spacial score (nSPS) is 26.3. The number of nitrogens with zero attached hydrogens (tertiary/aromatic N) is 2. The molecule has 1 aliphatic carbocycles. The minimum absolute atomic E-state index is 0.000476. The number of rotatable bonds is 6. The lowest BCUT2D eigenvalue weighted by Crippen LogP contribution is -2.56. The van der Waals surface area contributed by atoms with Gasteiger partial charge in [0.1, 0.15) is 0 Å². The van der Waals surface area contributed by atoms with Crippen molar-refractivity contribution in [3.8, 4) is 0 Å². The van der Waals surface area contributed by atoms with Gasteiger partial charge in [-0.3, -0.25) is 14.6 Å². The van der Waals surface area contributed by atoms with Crippen LogP contribution in [-0.2, 0) is 9.53 Å². The third kappa shape index (κ3) is 3.29. The zero-order chi connectivity index (χ0) is 17.0. The van der Waals surface area contributed by atoms with E-state index in [0.29, 0.717) is 31.7 Å². The number of hydrogen-bond acceptors (Lipinski definition) is 4. The van der Waals surface area contributed by atoms with Crippen molar-refractivity contribution in [3.63, 3.8) is 0 Å². The Bertz CT molecular complexity index is 592. The number of piperidine rings is 1. The van der Waals surface area contributed by atoms with Crippen LogP contribution in [0.25, 0.3) is 0 Å². The molecule has 2 amide bonds. The number of aromatic nitrogens is 1. The van der Waals surface area contributed by atoms with Gasteiger partial charge in [0.05, 0.1) is 12.2 Å². The molecule has 0 bridgehead atoms. The molecule has 0 radical (unpaired) electrons. The van der Waals surface area contributed by atoms with E-state index < -0.39 is 0 Å². The van der Waals surface area contributed by atoms with Crippen molar-refractivity contribution in [1.29, 1.82) is 0 Å². The molecule has 0 aromatic carbocycles. The van der Waals surface area contributed by atoms with Crippen molar-refractivity contribution < 1.29 is 14.3 Å². The largest absolute Gasteiger partial charge is 0.383 e. The molecule has 6 heteroatoms. The van der Waals surface area contributed by atoms with Crippen LogP contribution in [0.5, 0.6) is 0 Å². The highest BCUT2D eigenvalue weighted by molar-refractivity contribution is 5.93. The summed E-state index contributed by atoms with van der Waals surface area (Å²) >= 11 is 0. The zero-order valence-electron chi connectivity index (χ0n) is 14.2. The van der Waals surface area contributed by atoms with Gasteiger partial charge in [-0.25, -0.2) is 0 Å². The molecule has 130 valence electrons. The van der Waals surface area contributed by atoms with E-state index in [1.54, 1.807) is 31.6 Å². The maximum Gasteiger partial charge on any atom is 0.252 e. The summed E-state index contributed by atoms with van der Waals surface area (Å²) < 4.78 is 5.16. The first-order valence-corrected chi connectivity index (χ1v) is 8.63. The second-order valence-electron chi connectivity index (χ2n) is 6.77. The SMILES string of the molecule is COCCN1C(=O)CCC2(CNC(=O)c3cccnc3)CCCC12. The van der Waals surface area contributed by atoms with Crippen LogP contribution >= 0.6 is 0 Å². The van der Waals surface area contributed by atoms with Gasteiger partial charge in [-0.05, 0) is 31.4 Å². The lowest BCUT2D eigenvalue weighted by molar-refractivity contribution is -0.142. The Kier molecular flexibility index (Phi) is 5.14. The number of ether oxygens (including phenoxy) is 1. The smallest absolute Gasteiger partial charge is 0.252 e. The number of carbonyl (C=O) groups excluding carboxylic acids is 2. The van der Waals surface area contributed by atoms with Gasteiger partial charge in [-0.2, -0.15) is 0 Å². The van der Waals surface area contributed by atoms with Crippen LogP contribution in [0.1, 0.15) is 42.5 Å². The van der Waals surface area contributed by atoms with E-state index >= 15 is 0 Å². The highest BCUT2D eigenvalue weighted by Crippen LogP contribution is 2.47. The van der Waals surface area contributed by atoms with Gasteiger partial charge in [0.15, 0.2) is 0 Å². The fourth-order valence-electron chi connectivity index (χ4n) is 4.19. The third-order valence-corrected chi connectivity index (χ3v) is 5.45. The number of likely N-dealkylation sites (tertiary alicyclic amines) is 1. The average molecular weight is 331 g/mol. The predicted octanol–water partition coefficient (Wildman–Crippen LogP) is 1.62. The Morgan fingerprint density at radius 2 is 2.38 bits per heavy atom. The maximum absolute atomic E-state index is 12.3. The van der Waals surface area contributed by atoms with E-state index in [2.05, 4.69) is 10.3 Å². The third-order valence-electron chi connectivity index (χ3n) is 5.45.